The van der Waals surface area contributed by atoms with Gasteiger partial charge in [0.25, 0.3) is 0 Å². The smallest absolute Gasteiger partial charge is 0.308 e. The fourth-order valence-corrected chi connectivity index (χ4v) is 3.24. The van der Waals surface area contributed by atoms with E-state index in [2.05, 4.69) is 17.1 Å². The van der Waals surface area contributed by atoms with Gasteiger partial charge in [-0.25, -0.2) is 0 Å². The molecule has 1 fully saturated rings. The third-order valence-electron chi connectivity index (χ3n) is 4.53. The molecule has 0 aromatic carbocycles. The summed E-state index contributed by atoms with van der Waals surface area (Å²) in [6.45, 7) is 6.40. The van der Waals surface area contributed by atoms with Crippen LogP contribution >= 0.6 is 0 Å². The molecule has 1 atom stereocenters. The van der Waals surface area contributed by atoms with Crippen LogP contribution < -0.4 is 0 Å². The van der Waals surface area contributed by atoms with Gasteiger partial charge in [0.1, 0.15) is 0 Å². The van der Waals surface area contributed by atoms with Crippen LogP contribution in [0.5, 0.6) is 0 Å². The number of aromatic nitrogens is 1. The Morgan fingerprint density at radius 1 is 1.40 bits per heavy atom. The number of hydrogen-bond acceptors (Lipinski definition) is 3. The predicted octanol–water partition coefficient (Wildman–Crippen LogP) is 3.86. The molecular formula is C17H25NO2. The van der Waals surface area contributed by atoms with E-state index in [0.717, 1.165) is 31.4 Å². The van der Waals surface area contributed by atoms with E-state index in [0.29, 0.717) is 18.4 Å². The molecule has 0 amide bonds. The topological polar surface area (TPSA) is 39.2 Å². The fraction of sp³-hybridized carbons (Fsp3) is 0.647. The van der Waals surface area contributed by atoms with Gasteiger partial charge in [0, 0.05) is 11.9 Å². The Morgan fingerprint density at radius 3 is 2.70 bits per heavy atom. The molecule has 1 aliphatic carbocycles. The summed E-state index contributed by atoms with van der Waals surface area (Å²) in [5.74, 6) is 1.11. The second-order valence-electron chi connectivity index (χ2n) is 5.88. The number of nitrogens with zero attached hydrogens (tertiary/aromatic N) is 1. The Balaban J connectivity index is 1.90. The van der Waals surface area contributed by atoms with Crippen molar-refractivity contribution in [1.82, 2.24) is 4.98 Å². The normalized spacial score (nSPS) is 24.1. The largest absolute Gasteiger partial charge is 0.466 e. The average Bonchev–Trinajstić information content (AvgIpc) is 2.47. The molecule has 1 aromatic rings. The molecule has 0 aliphatic heterocycles. The molecule has 1 unspecified atom stereocenters. The molecule has 3 nitrogen and oxygen atoms in total. The first kappa shape index (κ1) is 15.0. The van der Waals surface area contributed by atoms with Crippen LogP contribution in [-0.4, -0.2) is 17.6 Å². The number of esters is 1. The fourth-order valence-electron chi connectivity index (χ4n) is 3.24. The van der Waals surface area contributed by atoms with Gasteiger partial charge >= 0.3 is 5.97 Å². The van der Waals surface area contributed by atoms with Gasteiger partial charge in [-0.2, -0.15) is 0 Å². The summed E-state index contributed by atoms with van der Waals surface area (Å²) in [4.78, 5) is 16.1. The quantitative estimate of drug-likeness (QED) is 0.783. The molecule has 110 valence electrons. The van der Waals surface area contributed by atoms with Crippen molar-refractivity contribution in [3.63, 3.8) is 0 Å². The zero-order valence-corrected chi connectivity index (χ0v) is 12.8. The third kappa shape index (κ3) is 3.59. The Labute approximate surface area is 121 Å². The lowest BCUT2D eigenvalue weighted by molar-refractivity contribution is -0.149. The highest BCUT2D eigenvalue weighted by atomic mass is 16.5. The monoisotopic (exact) mass is 275 g/mol. The van der Waals surface area contributed by atoms with Crippen molar-refractivity contribution >= 4 is 5.97 Å². The molecule has 1 saturated carbocycles. The highest BCUT2D eigenvalue weighted by Gasteiger charge is 2.30. The Bertz CT molecular complexity index is 450. The van der Waals surface area contributed by atoms with Crippen molar-refractivity contribution in [1.29, 1.82) is 0 Å². The first-order chi connectivity index (χ1) is 9.61. The molecule has 0 saturated heterocycles. The number of rotatable bonds is 4. The molecule has 2 rings (SSSR count). The van der Waals surface area contributed by atoms with Crippen LogP contribution in [-0.2, 0) is 9.53 Å². The van der Waals surface area contributed by atoms with Crippen LogP contribution in [0.15, 0.2) is 18.3 Å². The molecule has 0 radical (unpaired) electrons. The van der Waals surface area contributed by atoms with E-state index < -0.39 is 0 Å². The molecule has 1 heterocycles. The summed E-state index contributed by atoms with van der Waals surface area (Å²) >= 11 is 0. The number of carbonyl (C=O) groups is 1. The molecule has 0 N–H and O–H groups in total. The first-order valence-electron chi connectivity index (χ1n) is 7.71. The lowest BCUT2D eigenvalue weighted by atomic mass is 9.74. The molecule has 3 heteroatoms. The van der Waals surface area contributed by atoms with Gasteiger partial charge in [-0.3, -0.25) is 9.78 Å². The van der Waals surface area contributed by atoms with Crippen LogP contribution in [0, 0.1) is 18.8 Å². The maximum absolute atomic E-state index is 11.8. The van der Waals surface area contributed by atoms with Gasteiger partial charge < -0.3 is 4.74 Å². The van der Waals surface area contributed by atoms with Gasteiger partial charge in [-0.15, -0.1) is 0 Å². The number of ether oxygens (including phenoxy) is 1. The van der Waals surface area contributed by atoms with Gasteiger partial charge in [-0.05, 0) is 69.1 Å². The van der Waals surface area contributed by atoms with Crippen molar-refractivity contribution in [2.75, 3.05) is 6.61 Å². The molecule has 0 spiro atoms. The second kappa shape index (κ2) is 6.87. The van der Waals surface area contributed by atoms with Crippen LogP contribution in [0.1, 0.15) is 56.7 Å². The summed E-state index contributed by atoms with van der Waals surface area (Å²) in [7, 11) is 0. The van der Waals surface area contributed by atoms with E-state index in [1.54, 1.807) is 0 Å². The lowest BCUT2D eigenvalue weighted by Gasteiger charge is -2.31. The summed E-state index contributed by atoms with van der Waals surface area (Å²) in [5.41, 5.74) is 2.49. The highest BCUT2D eigenvalue weighted by molar-refractivity contribution is 5.72. The summed E-state index contributed by atoms with van der Waals surface area (Å²) in [6, 6.07) is 4.33. The summed E-state index contributed by atoms with van der Waals surface area (Å²) < 4.78 is 5.14. The standard InChI is InChI=1S/C17H25NO2/c1-4-20-17(19)13(3)14-5-7-15(8-6-14)16-9-10-18-12(2)11-16/h9-11,13-15H,4-8H2,1-3H3. The van der Waals surface area contributed by atoms with Crippen molar-refractivity contribution in [2.45, 2.75) is 52.4 Å². The van der Waals surface area contributed by atoms with E-state index in [1.165, 1.54) is 5.56 Å². The van der Waals surface area contributed by atoms with Crippen LogP contribution in [0.3, 0.4) is 0 Å². The predicted molar refractivity (Wildman–Crippen MR) is 79.5 cm³/mol. The number of pyridine rings is 1. The van der Waals surface area contributed by atoms with Gasteiger partial charge in [0.2, 0.25) is 0 Å². The Hall–Kier alpha value is -1.38. The summed E-state index contributed by atoms with van der Waals surface area (Å²) in [5, 5.41) is 0. The number of carbonyl (C=O) groups excluding carboxylic acids is 1. The van der Waals surface area contributed by atoms with Gasteiger partial charge in [0.05, 0.1) is 12.5 Å². The maximum atomic E-state index is 11.8. The van der Waals surface area contributed by atoms with Crippen molar-refractivity contribution in [2.24, 2.45) is 11.8 Å². The van der Waals surface area contributed by atoms with Crippen LogP contribution in [0.4, 0.5) is 0 Å². The molecular weight excluding hydrogens is 250 g/mol. The minimum Gasteiger partial charge on any atom is -0.466 e. The van der Waals surface area contributed by atoms with E-state index in [9.17, 15) is 4.79 Å². The average molecular weight is 275 g/mol. The Kier molecular flexibility index (Phi) is 5.16. The molecule has 0 bridgehead atoms. The second-order valence-corrected chi connectivity index (χ2v) is 5.88. The third-order valence-corrected chi connectivity index (χ3v) is 4.53. The SMILES string of the molecule is CCOC(=O)C(C)C1CCC(c2ccnc(C)c2)CC1. The summed E-state index contributed by atoms with van der Waals surface area (Å²) in [6.07, 6.45) is 6.46. The van der Waals surface area contributed by atoms with Crippen molar-refractivity contribution in [3.8, 4) is 0 Å². The Morgan fingerprint density at radius 2 is 2.10 bits per heavy atom. The molecule has 1 aliphatic rings. The minimum absolute atomic E-state index is 0.0318. The highest BCUT2D eigenvalue weighted by Crippen LogP contribution is 2.39. The number of hydrogen-bond donors (Lipinski definition) is 0. The van der Waals surface area contributed by atoms with E-state index >= 15 is 0 Å². The number of aryl methyl sites for hydroxylation is 1. The lowest BCUT2D eigenvalue weighted by Crippen LogP contribution is -2.26. The molecule has 20 heavy (non-hydrogen) atoms. The van der Waals surface area contributed by atoms with Crippen molar-refractivity contribution < 1.29 is 9.53 Å². The van der Waals surface area contributed by atoms with E-state index in [1.807, 2.05) is 27.0 Å². The van der Waals surface area contributed by atoms with Crippen molar-refractivity contribution in [3.05, 3.63) is 29.6 Å². The van der Waals surface area contributed by atoms with Crippen LogP contribution in [0.2, 0.25) is 0 Å². The van der Waals surface area contributed by atoms with Gasteiger partial charge in [-0.1, -0.05) is 6.92 Å². The van der Waals surface area contributed by atoms with Crippen LogP contribution in [0.25, 0.3) is 0 Å². The zero-order valence-electron chi connectivity index (χ0n) is 12.8. The van der Waals surface area contributed by atoms with E-state index in [4.69, 9.17) is 4.74 Å². The zero-order chi connectivity index (χ0) is 14.5. The van der Waals surface area contributed by atoms with Gasteiger partial charge in [0.15, 0.2) is 0 Å². The first-order valence-corrected chi connectivity index (χ1v) is 7.71. The maximum Gasteiger partial charge on any atom is 0.308 e. The minimum atomic E-state index is -0.0318. The molecule has 1 aromatic heterocycles. The van der Waals surface area contributed by atoms with E-state index in [-0.39, 0.29) is 11.9 Å².